The Morgan fingerprint density at radius 3 is 2.52 bits per heavy atom. The number of carbonyl (C=O) groups excluding carboxylic acids is 1. The first kappa shape index (κ1) is 18.8. The van der Waals surface area contributed by atoms with Crippen LogP contribution in [0.1, 0.15) is 17.4 Å². The van der Waals surface area contributed by atoms with E-state index in [4.69, 9.17) is 0 Å². The Hall–Kier alpha value is -2.25. The van der Waals surface area contributed by atoms with Crippen molar-refractivity contribution < 1.29 is 9.18 Å². The summed E-state index contributed by atoms with van der Waals surface area (Å²) in [6.45, 7) is 2.36. The topological polar surface area (TPSA) is 76.0 Å². The molecule has 2 N–H and O–H groups in total. The molecule has 0 aliphatic heterocycles. The molecule has 2 aromatic rings. The molecule has 0 aliphatic rings. The van der Waals surface area contributed by atoms with Crippen molar-refractivity contribution in [2.24, 2.45) is 0 Å². The van der Waals surface area contributed by atoms with Crippen molar-refractivity contribution >= 4 is 18.3 Å². The van der Waals surface area contributed by atoms with Gasteiger partial charge in [0.2, 0.25) is 0 Å². The monoisotopic (exact) mass is 340 g/mol. The van der Waals surface area contributed by atoms with E-state index < -0.39 is 11.4 Å². The zero-order valence-electron chi connectivity index (χ0n) is 12.7. The van der Waals surface area contributed by atoms with Crippen molar-refractivity contribution in [2.75, 3.05) is 13.6 Å². The number of nitrogens with one attached hydrogen (secondary N) is 2. The molecule has 0 saturated carbocycles. The lowest BCUT2D eigenvalue weighted by atomic mass is 10.3. The minimum absolute atomic E-state index is 0. The number of hydrogen-bond donors (Lipinski definition) is 2. The van der Waals surface area contributed by atoms with Crippen LogP contribution in [0.3, 0.4) is 0 Å². The molecule has 0 fully saturated rings. The third-order valence-corrected chi connectivity index (χ3v) is 3.17. The minimum Gasteiger partial charge on any atom is -0.349 e. The van der Waals surface area contributed by atoms with Crippen LogP contribution >= 0.6 is 12.4 Å². The van der Waals surface area contributed by atoms with Crippen LogP contribution < -0.4 is 16.2 Å². The van der Waals surface area contributed by atoms with Gasteiger partial charge in [0.15, 0.2) is 0 Å². The van der Waals surface area contributed by atoms with Gasteiger partial charge in [-0.2, -0.15) is 9.78 Å². The average Bonchev–Trinajstić information content (AvgIpc) is 2.53. The van der Waals surface area contributed by atoms with Crippen LogP contribution in [0.2, 0.25) is 0 Å². The molecule has 1 aromatic carbocycles. The predicted octanol–water partition coefficient (Wildman–Crippen LogP) is 1.13. The second kappa shape index (κ2) is 8.40. The highest BCUT2D eigenvalue weighted by atomic mass is 35.5. The number of hydrogen-bond acceptors (Lipinski definition) is 4. The van der Waals surface area contributed by atoms with Crippen molar-refractivity contribution in [3.63, 3.8) is 0 Å². The van der Waals surface area contributed by atoms with E-state index in [1.807, 2.05) is 6.92 Å². The molecule has 0 aliphatic carbocycles. The van der Waals surface area contributed by atoms with Gasteiger partial charge >= 0.3 is 0 Å². The van der Waals surface area contributed by atoms with Crippen LogP contribution in [0.5, 0.6) is 0 Å². The standard InChI is InChI=1S/C15H17FN4O2.ClH/c1-10(17-2)9-18-15(22)13-7-8-14(21)20(19-13)12-5-3-11(16)4-6-12;/h3-8,10,17H,9H2,1-2H3,(H,18,22);1H. The average molecular weight is 341 g/mol. The highest BCUT2D eigenvalue weighted by Gasteiger charge is 2.11. The molecule has 1 amide bonds. The van der Waals surface area contributed by atoms with E-state index in [1.165, 1.54) is 36.4 Å². The van der Waals surface area contributed by atoms with Crippen molar-refractivity contribution in [3.05, 3.63) is 58.3 Å². The second-order valence-corrected chi connectivity index (χ2v) is 4.84. The molecule has 0 saturated heterocycles. The molecular formula is C15H18ClFN4O2. The van der Waals surface area contributed by atoms with Crippen molar-refractivity contribution in [1.29, 1.82) is 0 Å². The first-order valence-corrected chi connectivity index (χ1v) is 6.83. The third kappa shape index (κ3) is 4.87. The number of likely N-dealkylation sites (N-methyl/N-ethyl adjacent to an activating group) is 1. The van der Waals surface area contributed by atoms with E-state index in [2.05, 4.69) is 15.7 Å². The summed E-state index contributed by atoms with van der Waals surface area (Å²) in [4.78, 5) is 23.9. The highest BCUT2D eigenvalue weighted by Crippen LogP contribution is 2.05. The number of nitrogens with zero attached hydrogens (tertiary/aromatic N) is 2. The minimum atomic E-state index is -0.410. The molecule has 23 heavy (non-hydrogen) atoms. The van der Waals surface area contributed by atoms with Gasteiger partial charge in [-0.05, 0) is 44.3 Å². The van der Waals surface area contributed by atoms with Gasteiger partial charge in [0.05, 0.1) is 5.69 Å². The van der Waals surface area contributed by atoms with Crippen molar-refractivity contribution in [3.8, 4) is 5.69 Å². The highest BCUT2D eigenvalue weighted by molar-refractivity contribution is 5.92. The van der Waals surface area contributed by atoms with Gasteiger partial charge in [-0.1, -0.05) is 0 Å². The van der Waals surface area contributed by atoms with Gasteiger partial charge in [-0.15, -0.1) is 12.4 Å². The summed E-state index contributed by atoms with van der Waals surface area (Å²) in [6, 6.07) is 8.04. The van der Waals surface area contributed by atoms with Crippen LogP contribution in [0, 0.1) is 5.82 Å². The van der Waals surface area contributed by atoms with Gasteiger partial charge in [0.1, 0.15) is 11.5 Å². The molecule has 2 rings (SSSR count). The van der Waals surface area contributed by atoms with Crippen molar-refractivity contribution in [2.45, 2.75) is 13.0 Å². The predicted molar refractivity (Wildman–Crippen MR) is 87.9 cm³/mol. The SMILES string of the molecule is CNC(C)CNC(=O)c1ccc(=O)n(-c2ccc(F)cc2)n1.Cl. The fourth-order valence-corrected chi connectivity index (χ4v) is 1.74. The van der Waals surface area contributed by atoms with Gasteiger partial charge in [-0.3, -0.25) is 9.59 Å². The van der Waals surface area contributed by atoms with Gasteiger partial charge in [0, 0.05) is 18.7 Å². The lowest BCUT2D eigenvalue weighted by Crippen LogP contribution is -2.38. The molecule has 0 bridgehead atoms. The Balaban J connectivity index is 0.00000264. The zero-order valence-corrected chi connectivity index (χ0v) is 13.6. The summed E-state index contributed by atoms with van der Waals surface area (Å²) in [5, 5.41) is 9.74. The van der Waals surface area contributed by atoms with Crippen LogP contribution in [-0.4, -0.2) is 35.3 Å². The summed E-state index contributed by atoms with van der Waals surface area (Å²) < 4.78 is 14.0. The van der Waals surface area contributed by atoms with Gasteiger partial charge in [-0.25, -0.2) is 4.39 Å². The Labute approximate surface area is 139 Å². The Morgan fingerprint density at radius 2 is 1.91 bits per heavy atom. The Bertz CT molecular complexity index is 718. The number of carbonyl (C=O) groups is 1. The number of halogens is 2. The van der Waals surface area contributed by atoms with Gasteiger partial charge < -0.3 is 10.6 Å². The van der Waals surface area contributed by atoms with Crippen LogP contribution in [0.4, 0.5) is 4.39 Å². The number of aromatic nitrogens is 2. The maximum atomic E-state index is 12.9. The molecule has 6 nitrogen and oxygen atoms in total. The Morgan fingerprint density at radius 1 is 1.26 bits per heavy atom. The normalized spacial score (nSPS) is 11.4. The lowest BCUT2D eigenvalue weighted by molar-refractivity contribution is 0.0943. The zero-order chi connectivity index (χ0) is 16.1. The van der Waals surface area contributed by atoms with Crippen LogP contribution in [-0.2, 0) is 0 Å². The van der Waals surface area contributed by atoms with Crippen molar-refractivity contribution in [1.82, 2.24) is 20.4 Å². The summed E-state index contributed by atoms with van der Waals surface area (Å²) in [7, 11) is 1.80. The molecular weight excluding hydrogens is 323 g/mol. The van der Waals surface area contributed by atoms with E-state index in [0.29, 0.717) is 12.2 Å². The second-order valence-electron chi connectivity index (χ2n) is 4.84. The lowest BCUT2D eigenvalue weighted by Gasteiger charge is -2.11. The number of benzene rings is 1. The summed E-state index contributed by atoms with van der Waals surface area (Å²) in [5.74, 6) is -0.787. The van der Waals surface area contributed by atoms with E-state index in [-0.39, 0.29) is 30.0 Å². The maximum Gasteiger partial charge on any atom is 0.271 e. The molecule has 8 heteroatoms. The molecule has 1 atom stereocenters. The van der Waals surface area contributed by atoms with E-state index >= 15 is 0 Å². The fraction of sp³-hybridized carbons (Fsp3) is 0.267. The number of rotatable bonds is 5. The molecule has 1 unspecified atom stereocenters. The van der Waals surface area contributed by atoms with E-state index in [0.717, 1.165) is 4.68 Å². The largest absolute Gasteiger partial charge is 0.349 e. The van der Waals surface area contributed by atoms with Crippen LogP contribution in [0.15, 0.2) is 41.2 Å². The third-order valence-electron chi connectivity index (χ3n) is 3.17. The molecule has 1 heterocycles. The summed E-state index contributed by atoms with van der Waals surface area (Å²) in [5.41, 5.74) is 0.114. The van der Waals surface area contributed by atoms with E-state index in [1.54, 1.807) is 7.05 Å². The molecule has 124 valence electrons. The van der Waals surface area contributed by atoms with Gasteiger partial charge in [0.25, 0.3) is 11.5 Å². The summed E-state index contributed by atoms with van der Waals surface area (Å²) in [6.07, 6.45) is 0. The molecule has 0 radical (unpaired) electrons. The molecule has 0 spiro atoms. The van der Waals surface area contributed by atoms with E-state index in [9.17, 15) is 14.0 Å². The Kier molecular flexibility index (Phi) is 6.87. The van der Waals surface area contributed by atoms with Crippen LogP contribution in [0.25, 0.3) is 5.69 Å². The first-order valence-electron chi connectivity index (χ1n) is 6.83. The first-order chi connectivity index (χ1) is 10.5. The quantitative estimate of drug-likeness (QED) is 0.855. The maximum absolute atomic E-state index is 12.9. The smallest absolute Gasteiger partial charge is 0.271 e. The number of amides is 1. The summed E-state index contributed by atoms with van der Waals surface area (Å²) >= 11 is 0. The molecule has 1 aromatic heterocycles. The fourth-order valence-electron chi connectivity index (χ4n) is 1.74.